The second kappa shape index (κ2) is 8.45. The third kappa shape index (κ3) is 4.91. The third-order valence-electron chi connectivity index (χ3n) is 5.34. The fraction of sp³-hybridized carbons (Fsp3) is 0.737. The summed E-state index contributed by atoms with van der Waals surface area (Å²) in [5, 5.41) is 0. The van der Waals surface area contributed by atoms with Crippen molar-refractivity contribution in [1.82, 2.24) is 19.7 Å². The van der Waals surface area contributed by atoms with Crippen molar-refractivity contribution in [3.63, 3.8) is 0 Å². The van der Waals surface area contributed by atoms with Crippen molar-refractivity contribution in [3.05, 3.63) is 23.9 Å². The lowest BCUT2D eigenvalue weighted by Gasteiger charge is -2.32. The fourth-order valence-electron chi connectivity index (χ4n) is 3.99. The van der Waals surface area contributed by atoms with Crippen molar-refractivity contribution in [2.75, 3.05) is 73.7 Å². The third-order valence-corrected chi connectivity index (χ3v) is 5.34. The molecule has 2 fully saturated rings. The molecular formula is C19H32N4O2. The first kappa shape index (κ1) is 18.6. The number of aromatic nitrogens is 1. The molecule has 1 spiro atoms. The molecule has 140 valence electrons. The number of pyridine rings is 1. The summed E-state index contributed by atoms with van der Waals surface area (Å²) in [5.74, 6) is 0.737. The predicted octanol–water partition coefficient (Wildman–Crippen LogP) is 1.18. The molecule has 2 saturated heterocycles. The van der Waals surface area contributed by atoms with E-state index < -0.39 is 0 Å². The van der Waals surface area contributed by atoms with Crippen LogP contribution in [-0.4, -0.2) is 93.4 Å². The molecule has 1 aromatic heterocycles. The molecule has 0 saturated carbocycles. The molecule has 6 nitrogen and oxygen atoms in total. The quantitative estimate of drug-likeness (QED) is 0.769. The summed E-state index contributed by atoms with van der Waals surface area (Å²) in [6, 6.07) is 4.10. The molecule has 2 aliphatic rings. The summed E-state index contributed by atoms with van der Waals surface area (Å²) < 4.78 is 11.4. The lowest BCUT2D eigenvalue weighted by atomic mass is 9.87. The van der Waals surface area contributed by atoms with Gasteiger partial charge in [0.25, 0.3) is 0 Å². The van der Waals surface area contributed by atoms with E-state index in [0.717, 1.165) is 63.9 Å². The van der Waals surface area contributed by atoms with Crippen LogP contribution in [0.4, 0.5) is 0 Å². The Labute approximate surface area is 151 Å². The Morgan fingerprint density at radius 1 is 1.28 bits per heavy atom. The van der Waals surface area contributed by atoms with Crippen molar-refractivity contribution in [2.24, 2.45) is 5.41 Å². The number of hydrogen-bond donors (Lipinski definition) is 0. The SMILES string of the molecule is COc1ncccc1CN1CCOC[C@]2(CCN(CCN(C)C)C2)C1. The summed E-state index contributed by atoms with van der Waals surface area (Å²) in [7, 11) is 5.98. The van der Waals surface area contributed by atoms with Gasteiger partial charge in [-0.1, -0.05) is 6.07 Å². The predicted molar refractivity (Wildman–Crippen MR) is 98.9 cm³/mol. The average molecular weight is 348 g/mol. The molecule has 6 heteroatoms. The van der Waals surface area contributed by atoms with Gasteiger partial charge in [-0.2, -0.15) is 0 Å². The van der Waals surface area contributed by atoms with Crippen LogP contribution in [0.3, 0.4) is 0 Å². The zero-order valence-corrected chi connectivity index (χ0v) is 15.9. The molecule has 0 bridgehead atoms. The second-order valence-corrected chi connectivity index (χ2v) is 7.76. The largest absolute Gasteiger partial charge is 0.481 e. The summed E-state index contributed by atoms with van der Waals surface area (Å²) in [4.78, 5) is 11.7. The number of likely N-dealkylation sites (N-methyl/N-ethyl adjacent to an activating group) is 1. The average Bonchev–Trinajstić information content (AvgIpc) is 2.89. The van der Waals surface area contributed by atoms with Gasteiger partial charge >= 0.3 is 0 Å². The number of methoxy groups -OCH3 is 1. The van der Waals surface area contributed by atoms with E-state index >= 15 is 0 Å². The molecule has 0 aromatic carbocycles. The molecule has 25 heavy (non-hydrogen) atoms. The van der Waals surface area contributed by atoms with Crippen molar-refractivity contribution >= 4 is 0 Å². The molecule has 2 aliphatic heterocycles. The van der Waals surface area contributed by atoms with Crippen molar-refractivity contribution < 1.29 is 9.47 Å². The normalized spacial score (nSPS) is 25.6. The molecule has 0 unspecified atom stereocenters. The summed E-state index contributed by atoms with van der Waals surface area (Å²) in [5.41, 5.74) is 1.42. The summed E-state index contributed by atoms with van der Waals surface area (Å²) in [6.07, 6.45) is 3.01. The highest BCUT2D eigenvalue weighted by Gasteiger charge is 2.40. The molecule has 3 rings (SSSR count). The summed E-state index contributed by atoms with van der Waals surface area (Å²) >= 11 is 0. The van der Waals surface area contributed by atoms with Crippen LogP contribution in [0.1, 0.15) is 12.0 Å². The topological polar surface area (TPSA) is 41.1 Å². The van der Waals surface area contributed by atoms with Gasteiger partial charge in [-0.3, -0.25) is 4.90 Å². The van der Waals surface area contributed by atoms with Gasteiger partial charge in [0.15, 0.2) is 0 Å². The molecule has 1 aromatic rings. The minimum absolute atomic E-state index is 0.262. The van der Waals surface area contributed by atoms with Gasteiger partial charge in [-0.05, 0) is 33.1 Å². The maximum Gasteiger partial charge on any atom is 0.217 e. The Balaban J connectivity index is 1.63. The Hall–Kier alpha value is -1.21. The van der Waals surface area contributed by atoms with Crippen LogP contribution in [0.15, 0.2) is 18.3 Å². The van der Waals surface area contributed by atoms with Crippen LogP contribution in [0.5, 0.6) is 5.88 Å². The Morgan fingerprint density at radius 3 is 2.92 bits per heavy atom. The van der Waals surface area contributed by atoms with E-state index in [1.165, 1.54) is 13.0 Å². The Bertz CT molecular complexity index is 554. The van der Waals surface area contributed by atoms with E-state index in [1.54, 1.807) is 13.3 Å². The van der Waals surface area contributed by atoms with Crippen LogP contribution in [0.2, 0.25) is 0 Å². The first-order chi connectivity index (χ1) is 12.1. The van der Waals surface area contributed by atoms with Gasteiger partial charge < -0.3 is 19.3 Å². The van der Waals surface area contributed by atoms with Crippen LogP contribution in [0, 0.1) is 5.41 Å². The molecule has 3 heterocycles. The van der Waals surface area contributed by atoms with Gasteiger partial charge in [0.1, 0.15) is 0 Å². The van der Waals surface area contributed by atoms with Crippen LogP contribution in [0.25, 0.3) is 0 Å². The second-order valence-electron chi connectivity index (χ2n) is 7.76. The van der Waals surface area contributed by atoms with Crippen molar-refractivity contribution in [2.45, 2.75) is 13.0 Å². The monoisotopic (exact) mass is 348 g/mol. The number of nitrogens with zero attached hydrogens (tertiary/aromatic N) is 4. The van der Waals surface area contributed by atoms with Crippen LogP contribution >= 0.6 is 0 Å². The number of hydrogen-bond acceptors (Lipinski definition) is 6. The van der Waals surface area contributed by atoms with Gasteiger partial charge in [-0.15, -0.1) is 0 Å². The maximum atomic E-state index is 6.01. The molecule has 0 radical (unpaired) electrons. The molecule has 0 aliphatic carbocycles. The molecule has 0 N–H and O–H groups in total. The highest BCUT2D eigenvalue weighted by atomic mass is 16.5. The van der Waals surface area contributed by atoms with Gasteiger partial charge in [0.05, 0.1) is 20.3 Å². The highest BCUT2D eigenvalue weighted by Crippen LogP contribution is 2.34. The van der Waals surface area contributed by atoms with Crippen molar-refractivity contribution in [1.29, 1.82) is 0 Å². The van der Waals surface area contributed by atoms with E-state index in [9.17, 15) is 0 Å². The van der Waals surface area contributed by atoms with Gasteiger partial charge in [0.2, 0.25) is 5.88 Å². The van der Waals surface area contributed by atoms with Gasteiger partial charge in [0, 0.05) is 56.4 Å². The molecule has 0 amide bonds. The van der Waals surface area contributed by atoms with E-state index in [2.05, 4.69) is 39.8 Å². The summed E-state index contributed by atoms with van der Waals surface area (Å²) in [6.45, 7) is 9.20. The zero-order valence-electron chi connectivity index (χ0n) is 15.9. The first-order valence-electron chi connectivity index (χ1n) is 9.25. The Kier molecular flexibility index (Phi) is 6.28. The minimum atomic E-state index is 0.262. The minimum Gasteiger partial charge on any atom is -0.481 e. The van der Waals surface area contributed by atoms with Crippen molar-refractivity contribution in [3.8, 4) is 5.88 Å². The zero-order chi connectivity index (χ0) is 17.7. The highest BCUT2D eigenvalue weighted by molar-refractivity contribution is 5.25. The van der Waals surface area contributed by atoms with E-state index in [1.807, 2.05) is 6.07 Å². The van der Waals surface area contributed by atoms with Crippen LogP contribution < -0.4 is 4.74 Å². The van der Waals surface area contributed by atoms with Crippen LogP contribution in [-0.2, 0) is 11.3 Å². The van der Waals surface area contributed by atoms with E-state index in [4.69, 9.17) is 9.47 Å². The molecular weight excluding hydrogens is 316 g/mol. The fourth-order valence-corrected chi connectivity index (χ4v) is 3.99. The maximum absolute atomic E-state index is 6.01. The number of likely N-dealkylation sites (tertiary alicyclic amines) is 1. The standard InChI is InChI=1S/C19H32N4O2/c1-21(2)9-10-22-8-6-19(14-22)15-23(11-12-25-16-19)13-17-5-4-7-20-18(17)24-3/h4-5,7H,6,8-16H2,1-3H3/t19-/m0/s1. The van der Waals surface area contributed by atoms with E-state index in [0.29, 0.717) is 0 Å². The van der Waals surface area contributed by atoms with Gasteiger partial charge in [-0.25, -0.2) is 4.98 Å². The lowest BCUT2D eigenvalue weighted by molar-refractivity contribution is 0.0707. The molecule has 1 atom stereocenters. The van der Waals surface area contributed by atoms with E-state index in [-0.39, 0.29) is 5.41 Å². The smallest absolute Gasteiger partial charge is 0.217 e. The first-order valence-corrected chi connectivity index (χ1v) is 9.25. The number of rotatable bonds is 6. The lowest BCUT2D eigenvalue weighted by Crippen LogP contribution is -2.41. The number of ether oxygens (including phenoxy) is 2. The Morgan fingerprint density at radius 2 is 2.12 bits per heavy atom.